The number of thioether (sulfide) groups is 1. The van der Waals surface area contributed by atoms with Crippen molar-refractivity contribution in [2.75, 3.05) is 0 Å². The first-order chi connectivity index (χ1) is 12.0. The molecule has 25 heavy (non-hydrogen) atoms. The number of rotatable bonds is 7. The van der Waals surface area contributed by atoms with E-state index in [2.05, 4.69) is 68.8 Å². The Bertz CT molecular complexity index is 694. The van der Waals surface area contributed by atoms with Gasteiger partial charge in [-0.2, -0.15) is 0 Å². The van der Waals surface area contributed by atoms with Crippen molar-refractivity contribution < 1.29 is 0 Å². The highest BCUT2D eigenvalue weighted by Gasteiger charge is 2.27. The Hall–Kier alpha value is -0.850. The predicted molar refractivity (Wildman–Crippen MR) is 108 cm³/mol. The summed E-state index contributed by atoms with van der Waals surface area (Å²) in [6.07, 6.45) is 5.95. The van der Waals surface area contributed by atoms with Gasteiger partial charge in [0.1, 0.15) is 0 Å². The van der Waals surface area contributed by atoms with Crippen LogP contribution in [0.1, 0.15) is 69.4 Å². The summed E-state index contributed by atoms with van der Waals surface area (Å²) in [4.78, 5) is 0. The molecule has 0 radical (unpaired) electrons. The van der Waals surface area contributed by atoms with E-state index in [0.29, 0.717) is 12.0 Å². The first-order valence-corrected chi connectivity index (χ1v) is 10.9. The fourth-order valence-corrected chi connectivity index (χ4v) is 4.94. The maximum Gasteiger partial charge on any atom is 0.191 e. The Labute approximate surface area is 163 Å². The molecule has 1 aliphatic carbocycles. The summed E-state index contributed by atoms with van der Waals surface area (Å²) in [5.74, 6) is 2.42. The number of benzene rings is 1. The Kier molecular flexibility index (Phi) is 6.58. The van der Waals surface area contributed by atoms with Gasteiger partial charge in [0, 0.05) is 16.3 Å². The van der Waals surface area contributed by atoms with Gasteiger partial charge in [0.2, 0.25) is 0 Å². The van der Waals surface area contributed by atoms with Crippen LogP contribution in [0.3, 0.4) is 0 Å². The highest BCUT2D eigenvalue weighted by atomic mass is 79.9. The predicted octanol–water partition coefficient (Wildman–Crippen LogP) is 5.49. The van der Waals surface area contributed by atoms with Gasteiger partial charge in [0.15, 0.2) is 11.0 Å². The molecule has 1 heterocycles. The van der Waals surface area contributed by atoms with Crippen LogP contribution >= 0.6 is 27.7 Å². The topological polar surface area (TPSA) is 56.7 Å². The second-order valence-electron chi connectivity index (χ2n) is 7.30. The van der Waals surface area contributed by atoms with E-state index in [9.17, 15) is 0 Å². The molecule has 2 N–H and O–H groups in total. The minimum absolute atomic E-state index is 0.0340. The standard InChI is InChI=1S/C19H27BrN4S/c1-13(2)10-17(21)18-22-23-19(24(18)16-8-3-4-9-16)25-12-14-6-5-7-15(20)11-14/h5-7,11,13,16-17H,3-4,8-10,12,21H2,1-2H3/t17-/m0/s1. The highest BCUT2D eigenvalue weighted by molar-refractivity contribution is 9.10. The molecule has 0 bridgehead atoms. The SMILES string of the molecule is CC(C)C[C@H](N)c1nnc(SCc2cccc(Br)c2)n1C1CCCC1. The van der Waals surface area contributed by atoms with E-state index in [0.717, 1.165) is 27.6 Å². The van der Waals surface area contributed by atoms with Crippen LogP contribution < -0.4 is 5.73 Å². The normalized spacial score (nSPS) is 16.7. The molecular formula is C19H27BrN4S. The molecule has 1 atom stereocenters. The van der Waals surface area contributed by atoms with Crippen LogP contribution in [0.5, 0.6) is 0 Å². The molecule has 0 spiro atoms. The van der Waals surface area contributed by atoms with Gasteiger partial charge in [-0.15, -0.1) is 10.2 Å². The molecule has 1 aromatic heterocycles. The lowest BCUT2D eigenvalue weighted by atomic mass is 10.0. The maximum atomic E-state index is 6.47. The van der Waals surface area contributed by atoms with Gasteiger partial charge in [-0.3, -0.25) is 0 Å². The van der Waals surface area contributed by atoms with E-state index >= 15 is 0 Å². The van der Waals surface area contributed by atoms with Crippen molar-refractivity contribution in [2.24, 2.45) is 11.7 Å². The lowest BCUT2D eigenvalue weighted by Crippen LogP contribution is -2.21. The second-order valence-corrected chi connectivity index (χ2v) is 9.16. The van der Waals surface area contributed by atoms with Crippen LogP contribution in [-0.4, -0.2) is 14.8 Å². The molecular weight excluding hydrogens is 396 g/mol. The maximum absolute atomic E-state index is 6.47. The summed E-state index contributed by atoms with van der Waals surface area (Å²) in [6, 6.07) is 8.92. The summed E-state index contributed by atoms with van der Waals surface area (Å²) >= 11 is 5.31. The van der Waals surface area contributed by atoms with Crippen molar-refractivity contribution in [1.82, 2.24) is 14.8 Å². The Balaban J connectivity index is 1.81. The van der Waals surface area contributed by atoms with Crippen molar-refractivity contribution in [3.05, 3.63) is 40.1 Å². The third-order valence-corrected chi connectivity index (χ3v) is 6.20. The van der Waals surface area contributed by atoms with E-state index in [1.807, 2.05) is 0 Å². The summed E-state index contributed by atoms with van der Waals surface area (Å²) in [6.45, 7) is 4.41. The van der Waals surface area contributed by atoms with Crippen LogP contribution in [0.15, 0.2) is 33.9 Å². The summed E-state index contributed by atoms with van der Waals surface area (Å²) in [5, 5.41) is 10.0. The third-order valence-electron chi connectivity index (χ3n) is 4.69. The van der Waals surface area contributed by atoms with Crippen LogP contribution in [0.4, 0.5) is 0 Å². The average molecular weight is 423 g/mol. The van der Waals surface area contributed by atoms with Gasteiger partial charge in [0.05, 0.1) is 6.04 Å². The van der Waals surface area contributed by atoms with Gasteiger partial charge in [0.25, 0.3) is 0 Å². The zero-order chi connectivity index (χ0) is 17.8. The Morgan fingerprint density at radius 3 is 2.72 bits per heavy atom. The largest absolute Gasteiger partial charge is 0.321 e. The lowest BCUT2D eigenvalue weighted by Gasteiger charge is -2.20. The molecule has 1 aromatic carbocycles. The van der Waals surface area contributed by atoms with Crippen molar-refractivity contribution in [3.8, 4) is 0 Å². The van der Waals surface area contributed by atoms with Crippen LogP contribution in [0.2, 0.25) is 0 Å². The van der Waals surface area contributed by atoms with Crippen molar-refractivity contribution in [3.63, 3.8) is 0 Å². The fraction of sp³-hybridized carbons (Fsp3) is 0.579. The number of halogens is 1. The van der Waals surface area contributed by atoms with Crippen molar-refractivity contribution in [1.29, 1.82) is 0 Å². The van der Waals surface area contributed by atoms with E-state index in [-0.39, 0.29) is 6.04 Å². The van der Waals surface area contributed by atoms with Crippen molar-refractivity contribution >= 4 is 27.7 Å². The van der Waals surface area contributed by atoms with E-state index < -0.39 is 0 Å². The average Bonchev–Trinajstić information content (AvgIpc) is 3.21. The number of nitrogens with zero attached hydrogens (tertiary/aromatic N) is 3. The fourth-order valence-electron chi connectivity index (χ4n) is 3.53. The number of hydrogen-bond donors (Lipinski definition) is 1. The number of nitrogens with two attached hydrogens (primary N) is 1. The Morgan fingerprint density at radius 2 is 2.04 bits per heavy atom. The van der Waals surface area contributed by atoms with Gasteiger partial charge >= 0.3 is 0 Å². The minimum atomic E-state index is -0.0340. The second kappa shape index (κ2) is 8.69. The van der Waals surface area contributed by atoms with Gasteiger partial charge in [-0.1, -0.05) is 66.5 Å². The monoisotopic (exact) mass is 422 g/mol. The first kappa shape index (κ1) is 18.9. The molecule has 4 nitrogen and oxygen atoms in total. The molecule has 0 saturated heterocycles. The molecule has 0 amide bonds. The van der Waals surface area contributed by atoms with Crippen molar-refractivity contribution in [2.45, 2.75) is 68.9 Å². The van der Waals surface area contributed by atoms with Crippen LogP contribution in [0.25, 0.3) is 0 Å². The zero-order valence-electron chi connectivity index (χ0n) is 15.0. The van der Waals surface area contributed by atoms with Crippen LogP contribution in [-0.2, 0) is 5.75 Å². The first-order valence-electron chi connectivity index (χ1n) is 9.12. The van der Waals surface area contributed by atoms with E-state index in [4.69, 9.17) is 5.73 Å². The van der Waals surface area contributed by atoms with Gasteiger partial charge < -0.3 is 10.3 Å². The van der Waals surface area contributed by atoms with Gasteiger partial charge in [-0.25, -0.2) is 0 Å². The molecule has 0 aliphatic heterocycles. The van der Waals surface area contributed by atoms with E-state index in [1.165, 1.54) is 31.2 Å². The quantitative estimate of drug-likeness (QED) is 0.598. The molecule has 6 heteroatoms. The Morgan fingerprint density at radius 1 is 1.28 bits per heavy atom. The van der Waals surface area contributed by atoms with Crippen LogP contribution in [0, 0.1) is 5.92 Å². The summed E-state index contributed by atoms with van der Waals surface area (Å²) in [7, 11) is 0. The molecule has 3 rings (SSSR count). The zero-order valence-corrected chi connectivity index (χ0v) is 17.4. The lowest BCUT2D eigenvalue weighted by molar-refractivity contribution is 0.419. The molecule has 0 unspecified atom stereocenters. The number of hydrogen-bond acceptors (Lipinski definition) is 4. The molecule has 2 aromatic rings. The molecule has 1 saturated carbocycles. The highest BCUT2D eigenvalue weighted by Crippen LogP contribution is 2.36. The van der Waals surface area contributed by atoms with Gasteiger partial charge in [-0.05, 0) is 42.9 Å². The third kappa shape index (κ3) is 4.86. The smallest absolute Gasteiger partial charge is 0.191 e. The molecule has 1 aliphatic rings. The summed E-state index contributed by atoms with van der Waals surface area (Å²) < 4.78 is 3.46. The van der Waals surface area contributed by atoms with E-state index in [1.54, 1.807) is 11.8 Å². The molecule has 136 valence electrons. The molecule has 1 fully saturated rings. The summed E-state index contributed by atoms with van der Waals surface area (Å²) in [5.41, 5.74) is 7.75. The minimum Gasteiger partial charge on any atom is -0.321 e. The number of aromatic nitrogens is 3.